The third-order valence-corrected chi connectivity index (χ3v) is 9.14. The van der Waals surface area contributed by atoms with Crippen molar-refractivity contribution in [2.24, 2.45) is 0 Å². The molecule has 11 heteroatoms. The van der Waals surface area contributed by atoms with Gasteiger partial charge < -0.3 is 10.2 Å². The number of nitrogens with zero attached hydrogens (tertiary/aromatic N) is 2. The van der Waals surface area contributed by atoms with Gasteiger partial charge in [0.2, 0.25) is 11.8 Å². The van der Waals surface area contributed by atoms with Crippen LogP contribution in [0.3, 0.4) is 0 Å². The van der Waals surface area contributed by atoms with E-state index in [-0.39, 0.29) is 34.5 Å². The number of halogens is 3. The van der Waals surface area contributed by atoms with Crippen LogP contribution in [-0.2, 0) is 26.2 Å². The summed E-state index contributed by atoms with van der Waals surface area (Å²) in [6.07, 6.45) is 1.95. The zero-order valence-electron chi connectivity index (χ0n) is 22.3. The third-order valence-electron chi connectivity index (χ3n) is 6.34. The molecule has 40 heavy (non-hydrogen) atoms. The molecule has 0 bridgehead atoms. The maximum absolute atomic E-state index is 14.1. The molecule has 0 radical (unpaired) electrons. The molecule has 0 spiro atoms. The van der Waals surface area contributed by atoms with Gasteiger partial charge in [-0.1, -0.05) is 91.5 Å². The van der Waals surface area contributed by atoms with E-state index in [2.05, 4.69) is 5.32 Å². The molecular weight excluding hydrogens is 593 g/mol. The molecule has 2 amide bonds. The molecule has 0 aliphatic rings. The molecule has 0 heterocycles. The van der Waals surface area contributed by atoms with Gasteiger partial charge in [0.05, 0.1) is 15.6 Å². The molecule has 1 N–H and O–H groups in total. The van der Waals surface area contributed by atoms with Gasteiger partial charge in [-0.2, -0.15) is 0 Å². The first-order chi connectivity index (χ1) is 19.1. The first-order valence-electron chi connectivity index (χ1n) is 12.9. The number of nitrogens with one attached hydrogen (secondary N) is 1. The van der Waals surface area contributed by atoms with Crippen LogP contribution in [0, 0.1) is 0 Å². The minimum atomic E-state index is -4.22. The standard InChI is InChI=1S/C29H32Cl3N3O4S/c1-3-5-18-33-29(37)26(4-2)34(19-22-23(30)15-11-16-24(22)31)28(36)20-35(27-17-10-9-14-25(27)32)40(38,39)21-12-7-6-8-13-21/h6-17,26H,3-5,18-20H2,1-2H3,(H,33,37)/t26-/m0/s1. The van der Waals surface area contributed by atoms with Crippen LogP contribution in [-0.4, -0.2) is 44.3 Å². The molecule has 214 valence electrons. The van der Waals surface area contributed by atoms with Crippen LogP contribution in [0.15, 0.2) is 77.7 Å². The highest BCUT2D eigenvalue weighted by molar-refractivity contribution is 7.92. The summed E-state index contributed by atoms with van der Waals surface area (Å²) in [6, 6.07) is 18.2. The molecule has 0 saturated heterocycles. The molecule has 3 aromatic rings. The molecule has 3 aromatic carbocycles. The van der Waals surface area contributed by atoms with E-state index in [0.29, 0.717) is 22.2 Å². The first-order valence-corrected chi connectivity index (χ1v) is 15.5. The summed E-state index contributed by atoms with van der Waals surface area (Å²) < 4.78 is 28.6. The molecule has 3 rings (SSSR count). The van der Waals surface area contributed by atoms with Crippen LogP contribution in [0.5, 0.6) is 0 Å². The number of carbonyl (C=O) groups is 2. The Kier molecular flexibility index (Phi) is 11.7. The van der Waals surface area contributed by atoms with E-state index in [9.17, 15) is 18.0 Å². The lowest BCUT2D eigenvalue weighted by Gasteiger charge is -2.33. The van der Waals surface area contributed by atoms with Crippen LogP contribution >= 0.6 is 34.8 Å². The SMILES string of the molecule is CCCCNC(=O)[C@H](CC)N(Cc1c(Cl)cccc1Cl)C(=O)CN(c1ccccc1Cl)S(=O)(=O)c1ccccc1. The Hall–Kier alpha value is -2.78. The van der Waals surface area contributed by atoms with E-state index in [1.54, 1.807) is 61.5 Å². The largest absolute Gasteiger partial charge is 0.354 e. The number of para-hydroxylation sites is 1. The van der Waals surface area contributed by atoms with E-state index in [4.69, 9.17) is 34.8 Å². The molecule has 0 saturated carbocycles. The van der Waals surface area contributed by atoms with Gasteiger partial charge in [0.15, 0.2) is 0 Å². The number of unbranched alkanes of at least 4 members (excludes halogenated alkanes) is 1. The third kappa shape index (κ3) is 7.69. The van der Waals surface area contributed by atoms with Crippen LogP contribution in [0.4, 0.5) is 5.69 Å². The van der Waals surface area contributed by atoms with Crippen LogP contribution < -0.4 is 9.62 Å². The van der Waals surface area contributed by atoms with Crippen molar-refractivity contribution in [3.63, 3.8) is 0 Å². The van der Waals surface area contributed by atoms with Gasteiger partial charge >= 0.3 is 0 Å². The van der Waals surface area contributed by atoms with Crippen molar-refractivity contribution in [3.05, 3.63) is 93.4 Å². The molecule has 0 unspecified atom stereocenters. The van der Waals surface area contributed by atoms with E-state index in [1.165, 1.54) is 23.1 Å². The number of carbonyl (C=O) groups excluding carboxylic acids is 2. The summed E-state index contributed by atoms with van der Waals surface area (Å²) in [5, 5.41) is 3.69. The molecule has 7 nitrogen and oxygen atoms in total. The Morgan fingerprint density at radius 2 is 1.45 bits per heavy atom. The van der Waals surface area contributed by atoms with E-state index >= 15 is 0 Å². The normalized spacial score (nSPS) is 12.0. The smallest absolute Gasteiger partial charge is 0.264 e. The predicted molar refractivity (Wildman–Crippen MR) is 161 cm³/mol. The second-order valence-electron chi connectivity index (χ2n) is 9.07. The highest BCUT2D eigenvalue weighted by Gasteiger charge is 2.34. The number of amides is 2. The van der Waals surface area contributed by atoms with E-state index < -0.39 is 28.5 Å². The Balaban J connectivity index is 2.08. The first kappa shape index (κ1) is 31.7. The summed E-state index contributed by atoms with van der Waals surface area (Å²) in [5.74, 6) is -0.962. The number of anilines is 1. The highest BCUT2D eigenvalue weighted by Crippen LogP contribution is 2.32. The van der Waals surface area contributed by atoms with Crippen molar-refractivity contribution in [3.8, 4) is 0 Å². The maximum Gasteiger partial charge on any atom is 0.264 e. The fourth-order valence-corrected chi connectivity index (χ4v) is 6.43. The van der Waals surface area contributed by atoms with Gasteiger partial charge in [-0.15, -0.1) is 0 Å². The van der Waals surface area contributed by atoms with Crippen LogP contribution in [0.25, 0.3) is 0 Å². The zero-order chi connectivity index (χ0) is 29.3. The minimum Gasteiger partial charge on any atom is -0.354 e. The van der Waals surface area contributed by atoms with Crippen molar-refractivity contribution in [1.29, 1.82) is 0 Å². The molecular formula is C29H32Cl3N3O4S. The summed E-state index contributed by atoms with van der Waals surface area (Å²) in [6.45, 7) is 3.54. The molecule has 0 aliphatic heterocycles. The quantitative estimate of drug-likeness (QED) is 0.218. The average Bonchev–Trinajstić information content (AvgIpc) is 2.94. The number of rotatable bonds is 13. The lowest BCUT2D eigenvalue weighted by Crippen LogP contribution is -2.52. The van der Waals surface area contributed by atoms with Crippen molar-refractivity contribution < 1.29 is 18.0 Å². The van der Waals surface area contributed by atoms with E-state index in [1.807, 2.05) is 6.92 Å². The fraction of sp³-hybridized carbons (Fsp3) is 0.310. The van der Waals surface area contributed by atoms with Crippen molar-refractivity contribution in [2.45, 2.75) is 50.6 Å². The zero-order valence-corrected chi connectivity index (χ0v) is 25.4. The van der Waals surface area contributed by atoms with Gasteiger partial charge in [0, 0.05) is 28.7 Å². The monoisotopic (exact) mass is 623 g/mol. The fourth-order valence-electron chi connectivity index (χ4n) is 4.17. The molecule has 0 aromatic heterocycles. The second-order valence-corrected chi connectivity index (χ2v) is 12.2. The van der Waals surface area contributed by atoms with E-state index in [0.717, 1.165) is 17.1 Å². The van der Waals surface area contributed by atoms with Crippen molar-refractivity contribution in [1.82, 2.24) is 10.2 Å². The maximum atomic E-state index is 14.1. The molecule has 0 aliphatic carbocycles. The Morgan fingerprint density at radius 1 is 0.850 bits per heavy atom. The van der Waals surface area contributed by atoms with Gasteiger partial charge in [0.1, 0.15) is 12.6 Å². The lowest BCUT2D eigenvalue weighted by atomic mass is 10.1. The summed E-state index contributed by atoms with van der Waals surface area (Å²) in [7, 11) is -4.22. The number of sulfonamides is 1. The molecule has 0 fully saturated rings. The number of benzene rings is 3. The Morgan fingerprint density at radius 3 is 2.05 bits per heavy atom. The van der Waals surface area contributed by atoms with Gasteiger partial charge in [0.25, 0.3) is 10.0 Å². The summed E-state index contributed by atoms with van der Waals surface area (Å²) in [4.78, 5) is 28.7. The molecule has 1 atom stereocenters. The topological polar surface area (TPSA) is 86.8 Å². The highest BCUT2D eigenvalue weighted by atomic mass is 35.5. The summed E-state index contributed by atoms with van der Waals surface area (Å²) >= 11 is 19.3. The second kappa shape index (κ2) is 14.7. The summed E-state index contributed by atoms with van der Waals surface area (Å²) in [5.41, 5.74) is 0.590. The Bertz CT molecular complexity index is 1400. The Labute approximate surface area is 251 Å². The predicted octanol–water partition coefficient (Wildman–Crippen LogP) is 6.57. The van der Waals surface area contributed by atoms with Crippen molar-refractivity contribution in [2.75, 3.05) is 17.4 Å². The number of hydrogen-bond donors (Lipinski definition) is 1. The average molecular weight is 625 g/mol. The van der Waals surface area contributed by atoms with Crippen LogP contribution in [0.1, 0.15) is 38.7 Å². The van der Waals surface area contributed by atoms with Gasteiger partial charge in [-0.3, -0.25) is 13.9 Å². The van der Waals surface area contributed by atoms with Gasteiger partial charge in [-0.05, 0) is 49.2 Å². The van der Waals surface area contributed by atoms with Gasteiger partial charge in [-0.25, -0.2) is 8.42 Å². The minimum absolute atomic E-state index is 0.00670. The number of hydrogen-bond acceptors (Lipinski definition) is 4. The van der Waals surface area contributed by atoms with Crippen molar-refractivity contribution >= 4 is 62.3 Å². The lowest BCUT2D eigenvalue weighted by molar-refractivity contribution is -0.140. The van der Waals surface area contributed by atoms with Crippen LogP contribution in [0.2, 0.25) is 15.1 Å².